The number of aryl methyl sites for hydroxylation is 1. The molecule has 1 atom stereocenters. The lowest BCUT2D eigenvalue weighted by atomic mass is 9.91. The fourth-order valence-corrected chi connectivity index (χ4v) is 2.57. The Hall–Kier alpha value is -1.45. The van der Waals surface area contributed by atoms with Crippen LogP contribution < -0.4 is 0 Å². The number of hydrogen-bond donors (Lipinski definition) is 0. The Morgan fingerprint density at radius 3 is 2.45 bits per heavy atom. The highest BCUT2D eigenvalue weighted by Crippen LogP contribution is 2.44. The minimum atomic E-state index is -0.893. The molecule has 1 aromatic carbocycles. The Morgan fingerprint density at radius 1 is 1.30 bits per heavy atom. The summed E-state index contributed by atoms with van der Waals surface area (Å²) in [6, 6.07) is 2.39. The van der Waals surface area contributed by atoms with Crippen molar-refractivity contribution in [3.8, 4) is 0 Å². The van der Waals surface area contributed by atoms with Crippen molar-refractivity contribution in [3.05, 3.63) is 34.9 Å². The Kier molecular flexibility index (Phi) is 3.61. The smallest absolute Gasteiger partial charge is 0.312 e. The fraction of sp³-hybridized carbons (Fsp3) is 0.562. The van der Waals surface area contributed by atoms with Crippen LogP contribution in [0.4, 0.5) is 8.78 Å². The Labute approximate surface area is 118 Å². The summed E-state index contributed by atoms with van der Waals surface area (Å²) in [7, 11) is 0. The molecular weight excluding hydrogens is 262 g/mol. The van der Waals surface area contributed by atoms with Gasteiger partial charge in [0.2, 0.25) is 0 Å². The van der Waals surface area contributed by atoms with Crippen LogP contribution in [0.15, 0.2) is 12.1 Å². The van der Waals surface area contributed by atoms with E-state index in [2.05, 4.69) is 0 Å². The molecule has 1 unspecified atom stereocenters. The summed E-state index contributed by atoms with van der Waals surface area (Å²) in [6.45, 7) is 7.23. The maximum atomic E-state index is 13.5. The van der Waals surface area contributed by atoms with E-state index in [1.54, 1.807) is 20.8 Å². The molecule has 1 aliphatic carbocycles. The first kappa shape index (κ1) is 14.9. The van der Waals surface area contributed by atoms with Crippen molar-refractivity contribution in [1.29, 1.82) is 0 Å². The molecule has 0 radical (unpaired) electrons. The Balaban J connectivity index is 2.41. The molecule has 0 amide bonds. The van der Waals surface area contributed by atoms with Crippen molar-refractivity contribution < 1.29 is 18.3 Å². The zero-order valence-corrected chi connectivity index (χ0v) is 12.3. The molecule has 0 spiro atoms. The Morgan fingerprint density at radius 2 is 1.90 bits per heavy atom. The van der Waals surface area contributed by atoms with Crippen LogP contribution in [0.3, 0.4) is 0 Å². The topological polar surface area (TPSA) is 26.3 Å². The third kappa shape index (κ3) is 2.43. The molecular formula is C16H20F2O2. The number of fused-ring (bicyclic) bond motifs is 1. The minimum absolute atomic E-state index is 0.322. The maximum Gasteiger partial charge on any atom is 0.312 e. The quantitative estimate of drug-likeness (QED) is 0.763. The van der Waals surface area contributed by atoms with E-state index < -0.39 is 22.7 Å². The van der Waals surface area contributed by atoms with Crippen LogP contribution in [0.1, 0.15) is 51.7 Å². The number of carbonyl (C=O) groups is 1. The van der Waals surface area contributed by atoms with E-state index >= 15 is 0 Å². The van der Waals surface area contributed by atoms with E-state index in [4.69, 9.17) is 4.74 Å². The van der Waals surface area contributed by atoms with Gasteiger partial charge in [0.15, 0.2) is 11.6 Å². The molecule has 0 fully saturated rings. The predicted octanol–water partition coefficient (Wildman–Crippen LogP) is 4.11. The van der Waals surface area contributed by atoms with Crippen molar-refractivity contribution in [2.24, 2.45) is 5.41 Å². The second-order valence-electron chi connectivity index (χ2n) is 6.41. The average molecular weight is 282 g/mol. The van der Waals surface area contributed by atoms with Gasteiger partial charge < -0.3 is 4.74 Å². The van der Waals surface area contributed by atoms with Gasteiger partial charge in [-0.05, 0) is 57.7 Å². The van der Waals surface area contributed by atoms with Gasteiger partial charge in [0.1, 0.15) is 5.60 Å². The van der Waals surface area contributed by atoms with E-state index in [0.29, 0.717) is 24.8 Å². The molecule has 0 saturated heterocycles. The summed E-state index contributed by atoms with van der Waals surface area (Å²) >= 11 is 0. The van der Waals surface area contributed by atoms with Crippen molar-refractivity contribution >= 4 is 5.97 Å². The summed E-state index contributed by atoms with van der Waals surface area (Å²) < 4.78 is 32.5. The third-order valence-electron chi connectivity index (χ3n) is 3.91. The summed E-state index contributed by atoms with van der Waals surface area (Å²) in [5.41, 5.74) is -0.110. The summed E-state index contributed by atoms with van der Waals surface area (Å²) in [6.07, 6.45) is 1.72. The Bertz CT molecular complexity index is 546. The van der Waals surface area contributed by atoms with Gasteiger partial charge in [-0.15, -0.1) is 0 Å². The van der Waals surface area contributed by atoms with Crippen molar-refractivity contribution in [2.45, 2.75) is 52.6 Å². The zero-order chi connectivity index (χ0) is 15.1. The van der Waals surface area contributed by atoms with Crippen LogP contribution >= 0.6 is 0 Å². The molecule has 2 nitrogen and oxygen atoms in total. The van der Waals surface area contributed by atoms with Gasteiger partial charge in [0.25, 0.3) is 0 Å². The largest absolute Gasteiger partial charge is 0.454 e. The molecule has 110 valence electrons. The third-order valence-corrected chi connectivity index (χ3v) is 3.91. The van der Waals surface area contributed by atoms with Gasteiger partial charge >= 0.3 is 5.97 Å². The summed E-state index contributed by atoms with van der Waals surface area (Å²) in [5, 5.41) is 0. The van der Waals surface area contributed by atoms with Gasteiger partial charge in [-0.25, -0.2) is 8.78 Å². The zero-order valence-electron chi connectivity index (χ0n) is 12.3. The molecule has 0 heterocycles. The normalized spacial score (nSPS) is 21.7. The summed E-state index contributed by atoms with van der Waals surface area (Å²) in [5.74, 6) is -2.06. The molecule has 0 saturated carbocycles. The lowest BCUT2D eigenvalue weighted by Gasteiger charge is -2.32. The molecule has 4 heteroatoms. The lowest BCUT2D eigenvalue weighted by molar-refractivity contribution is -0.171. The van der Waals surface area contributed by atoms with Crippen molar-refractivity contribution in [3.63, 3.8) is 0 Å². The number of benzene rings is 1. The minimum Gasteiger partial charge on any atom is -0.454 e. The number of carbonyl (C=O) groups excluding carboxylic acids is 1. The fourth-order valence-electron chi connectivity index (χ4n) is 2.57. The van der Waals surface area contributed by atoms with Gasteiger partial charge in [-0.3, -0.25) is 4.79 Å². The second-order valence-corrected chi connectivity index (χ2v) is 6.41. The molecule has 2 rings (SSSR count). The van der Waals surface area contributed by atoms with E-state index in [9.17, 15) is 13.6 Å². The van der Waals surface area contributed by atoms with Crippen LogP contribution in [0, 0.1) is 17.0 Å². The van der Waals surface area contributed by atoms with Crippen LogP contribution in [-0.4, -0.2) is 5.97 Å². The van der Waals surface area contributed by atoms with Gasteiger partial charge in [0, 0.05) is 5.56 Å². The molecule has 0 bridgehead atoms. The molecule has 1 aromatic rings. The highest BCUT2D eigenvalue weighted by Gasteiger charge is 2.43. The predicted molar refractivity (Wildman–Crippen MR) is 72.2 cm³/mol. The van der Waals surface area contributed by atoms with Crippen LogP contribution in [-0.2, 0) is 21.6 Å². The van der Waals surface area contributed by atoms with Crippen LogP contribution in [0.2, 0.25) is 0 Å². The highest BCUT2D eigenvalue weighted by molar-refractivity contribution is 5.76. The number of ether oxygens (including phenoxy) is 1. The number of hydrogen-bond acceptors (Lipinski definition) is 2. The van der Waals surface area contributed by atoms with Crippen molar-refractivity contribution in [1.82, 2.24) is 0 Å². The van der Waals surface area contributed by atoms with Gasteiger partial charge in [-0.1, -0.05) is 6.92 Å². The maximum absolute atomic E-state index is 13.5. The first-order chi connectivity index (χ1) is 9.19. The first-order valence-electron chi connectivity index (χ1n) is 6.91. The molecule has 0 N–H and O–H groups in total. The molecule has 1 aliphatic rings. The first-order valence-corrected chi connectivity index (χ1v) is 6.91. The number of esters is 1. The van der Waals surface area contributed by atoms with Gasteiger partial charge in [-0.2, -0.15) is 0 Å². The summed E-state index contributed by atoms with van der Waals surface area (Å²) in [4.78, 5) is 12.2. The van der Waals surface area contributed by atoms with Crippen molar-refractivity contribution in [2.75, 3.05) is 0 Å². The number of halogens is 2. The van der Waals surface area contributed by atoms with E-state index in [0.717, 1.165) is 5.56 Å². The monoisotopic (exact) mass is 282 g/mol. The molecule has 0 aliphatic heterocycles. The SMILES string of the molecule is CCC1(OC(=O)C(C)(C)C)CCc2cc(F)c(F)cc21. The van der Waals surface area contributed by atoms with Gasteiger partial charge in [0.05, 0.1) is 5.41 Å². The van der Waals surface area contributed by atoms with Crippen LogP contribution in [0.25, 0.3) is 0 Å². The lowest BCUT2D eigenvalue weighted by Crippen LogP contribution is -2.35. The molecule has 20 heavy (non-hydrogen) atoms. The highest BCUT2D eigenvalue weighted by atomic mass is 19.2. The molecule has 0 aromatic heterocycles. The van der Waals surface area contributed by atoms with E-state index in [1.165, 1.54) is 12.1 Å². The standard InChI is InChI=1S/C16H20F2O2/c1-5-16(20-14(19)15(2,3)4)7-6-10-8-12(17)13(18)9-11(10)16/h8-9H,5-7H2,1-4H3. The second kappa shape index (κ2) is 4.83. The number of rotatable bonds is 2. The van der Waals surface area contributed by atoms with Crippen LogP contribution in [0.5, 0.6) is 0 Å². The average Bonchev–Trinajstić information content (AvgIpc) is 2.68. The van der Waals surface area contributed by atoms with E-state index in [1.807, 2.05) is 6.92 Å². The van der Waals surface area contributed by atoms with E-state index in [-0.39, 0.29) is 5.97 Å².